The quantitative estimate of drug-likeness (QED) is 0.675. The molecule has 0 radical (unpaired) electrons. The minimum absolute atomic E-state index is 0.128. The van der Waals surface area contributed by atoms with E-state index in [1.165, 1.54) is 17.8 Å². The van der Waals surface area contributed by atoms with Crippen molar-refractivity contribution in [3.63, 3.8) is 0 Å². The van der Waals surface area contributed by atoms with Crippen LogP contribution in [-0.2, 0) is 17.6 Å². The third-order valence-corrected chi connectivity index (χ3v) is 3.61. The summed E-state index contributed by atoms with van der Waals surface area (Å²) >= 11 is 1.39. The number of hydrogen-bond donors (Lipinski definition) is 1. The zero-order valence-electron chi connectivity index (χ0n) is 12.8. The van der Waals surface area contributed by atoms with E-state index in [2.05, 4.69) is 27.0 Å². The SMILES string of the molecule is CCCc1cc(=O)[nH]c(SCc2nc(C(C)(C)C)no2)n1. The molecule has 0 spiro atoms. The molecule has 0 saturated carbocycles. The van der Waals surface area contributed by atoms with Gasteiger partial charge in [-0.2, -0.15) is 4.98 Å². The van der Waals surface area contributed by atoms with Gasteiger partial charge in [-0.1, -0.05) is 51.0 Å². The van der Waals surface area contributed by atoms with Crippen molar-refractivity contribution in [2.45, 2.75) is 56.9 Å². The second kappa shape index (κ2) is 6.43. The maximum atomic E-state index is 11.6. The van der Waals surface area contributed by atoms with Crippen LogP contribution in [-0.4, -0.2) is 20.1 Å². The van der Waals surface area contributed by atoms with Crippen LogP contribution in [0.15, 0.2) is 20.5 Å². The summed E-state index contributed by atoms with van der Waals surface area (Å²) in [5, 5.41) is 4.56. The highest BCUT2D eigenvalue weighted by molar-refractivity contribution is 7.98. The molecule has 7 heteroatoms. The van der Waals surface area contributed by atoms with E-state index in [9.17, 15) is 4.79 Å². The molecule has 0 saturated heterocycles. The molecule has 0 fully saturated rings. The van der Waals surface area contributed by atoms with Gasteiger partial charge >= 0.3 is 0 Å². The minimum atomic E-state index is -0.139. The van der Waals surface area contributed by atoms with E-state index in [0.717, 1.165) is 18.5 Å². The van der Waals surface area contributed by atoms with Crippen molar-refractivity contribution < 1.29 is 4.52 Å². The van der Waals surface area contributed by atoms with E-state index in [0.29, 0.717) is 22.6 Å². The lowest BCUT2D eigenvalue weighted by Gasteiger charge is -2.10. The Morgan fingerprint density at radius 3 is 2.71 bits per heavy atom. The molecule has 0 aliphatic rings. The smallest absolute Gasteiger partial charge is 0.251 e. The van der Waals surface area contributed by atoms with Gasteiger partial charge < -0.3 is 9.51 Å². The molecule has 2 aromatic rings. The van der Waals surface area contributed by atoms with Crippen molar-refractivity contribution >= 4 is 11.8 Å². The van der Waals surface area contributed by atoms with Crippen LogP contribution in [0.3, 0.4) is 0 Å². The van der Waals surface area contributed by atoms with Crippen LogP contribution >= 0.6 is 11.8 Å². The number of H-pyrrole nitrogens is 1. The van der Waals surface area contributed by atoms with Gasteiger partial charge in [-0.05, 0) is 6.42 Å². The van der Waals surface area contributed by atoms with Crippen molar-refractivity contribution in [2.75, 3.05) is 0 Å². The highest BCUT2D eigenvalue weighted by atomic mass is 32.2. The number of hydrogen-bond acceptors (Lipinski definition) is 6. The third kappa shape index (κ3) is 4.42. The summed E-state index contributed by atoms with van der Waals surface area (Å²) in [6.07, 6.45) is 1.76. The summed E-state index contributed by atoms with van der Waals surface area (Å²) < 4.78 is 5.22. The molecule has 2 heterocycles. The lowest BCUT2D eigenvalue weighted by Crippen LogP contribution is -2.13. The van der Waals surface area contributed by atoms with E-state index in [4.69, 9.17) is 4.52 Å². The summed E-state index contributed by atoms with van der Waals surface area (Å²) in [6.45, 7) is 8.15. The first-order valence-electron chi connectivity index (χ1n) is 6.94. The predicted molar refractivity (Wildman–Crippen MR) is 81.4 cm³/mol. The largest absolute Gasteiger partial charge is 0.338 e. The Morgan fingerprint density at radius 1 is 1.33 bits per heavy atom. The average molecular weight is 308 g/mol. The van der Waals surface area contributed by atoms with Crippen LogP contribution in [0, 0.1) is 0 Å². The zero-order valence-corrected chi connectivity index (χ0v) is 13.6. The number of nitrogens with zero attached hydrogens (tertiary/aromatic N) is 3. The summed E-state index contributed by atoms with van der Waals surface area (Å²) in [5.41, 5.74) is 0.543. The fourth-order valence-electron chi connectivity index (χ4n) is 1.68. The maximum Gasteiger partial charge on any atom is 0.251 e. The molecule has 0 aliphatic carbocycles. The molecule has 21 heavy (non-hydrogen) atoms. The number of nitrogens with one attached hydrogen (secondary N) is 1. The van der Waals surface area contributed by atoms with Crippen LogP contribution in [0.1, 0.15) is 51.5 Å². The zero-order chi connectivity index (χ0) is 15.5. The van der Waals surface area contributed by atoms with Gasteiger partial charge in [-0.25, -0.2) is 4.98 Å². The predicted octanol–water partition coefficient (Wildman–Crippen LogP) is 2.70. The van der Waals surface area contributed by atoms with Crippen LogP contribution in [0.25, 0.3) is 0 Å². The highest BCUT2D eigenvalue weighted by Crippen LogP contribution is 2.22. The van der Waals surface area contributed by atoms with E-state index in [1.54, 1.807) is 0 Å². The molecule has 0 bridgehead atoms. The van der Waals surface area contributed by atoms with Crippen molar-refractivity contribution in [2.24, 2.45) is 0 Å². The Balaban J connectivity index is 2.06. The Hall–Kier alpha value is -1.63. The summed E-state index contributed by atoms with van der Waals surface area (Å²) in [4.78, 5) is 23.1. The van der Waals surface area contributed by atoms with Crippen LogP contribution < -0.4 is 5.56 Å². The lowest BCUT2D eigenvalue weighted by atomic mass is 9.96. The molecule has 2 aromatic heterocycles. The highest BCUT2D eigenvalue weighted by Gasteiger charge is 2.21. The van der Waals surface area contributed by atoms with E-state index in [-0.39, 0.29) is 11.0 Å². The number of aromatic nitrogens is 4. The number of aryl methyl sites for hydroxylation is 1. The van der Waals surface area contributed by atoms with Crippen LogP contribution in [0.4, 0.5) is 0 Å². The van der Waals surface area contributed by atoms with Gasteiger partial charge in [0.1, 0.15) is 0 Å². The fraction of sp³-hybridized carbons (Fsp3) is 0.571. The molecular formula is C14H20N4O2S. The summed E-state index contributed by atoms with van der Waals surface area (Å²) in [6, 6.07) is 1.54. The third-order valence-electron chi connectivity index (χ3n) is 2.75. The van der Waals surface area contributed by atoms with Gasteiger partial charge in [0.25, 0.3) is 5.56 Å². The normalized spacial score (nSPS) is 11.8. The van der Waals surface area contributed by atoms with Crippen molar-refractivity contribution in [1.29, 1.82) is 0 Å². The maximum absolute atomic E-state index is 11.6. The van der Waals surface area contributed by atoms with Gasteiger partial charge in [0.05, 0.1) is 5.75 Å². The monoisotopic (exact) mass is 308 g/mol. The first-order valence-corrected chi connectivity index (χ1v) is 7.93. The molecule has 1 N–H and O–H groups in total. The van der Waals surface area contributed by atoms with Crippen LogP contribution in [0.5, 0.6) is 0 Å². The molecule has 0 atom stereocenters. The molecule has 0 unspecified atom stereocenters. The van der Waals surface area contributed by atoms with E-state index < -0.39 is 0 Å². The van der Waals surface area contributed by atoms with Crippen molar-refractivity contribution in [3.8, 4) is 0 Å². The molecule has 0 amide bonds. The molecular weight excluding hydrogens is 288 g/mol. The van der Waals surface area contributed by atoms with Crippen molar-refractivity contribution in [3.05, 3.63) is 33.8 Å². The first-order chi connectivity index (χ1) is 9.88. The lowest BCUT2D eigenvalue weighted by molar-refractivity contribution is 0.372. The fourth-order valence-corrected chi connectivity index (χ4v) is 2.42. The average Bonchev–Trinajstić information content (AvgIpc) is 2.85. The molecule has 0 aromatic carbocycles. The van der Waals surface area contributed by atoms with Crippen LogP contribution in [0.2, 0.25) is 0 Å². The second-order valence-electron chi connectivity index (χ2n) is 5.84. The number of rotatable bonds is 5. The molecule has 0 aliphatic heterocycles. The summed E-state index contributed by atoms with van der Waals surface area (Å²) in [5.74, 6) is 1.70. The van der Waals surface area contributed by atoms with Gasteiger partial charge in [-0.3, -0.25) is 4.79 Å². The van der Waals surface area contributed by atoms with Gasteiger partial charge in [0, 0.05) is 17.2 Å². The number of thioether (sulfide) groups is 1. The standard InChI is InChI=1S/C14H20N4O2S/c1-5-6-9-7-10(19)16-13(15-9)21-8-11-17-12(18-20-11)14(2,3)4/h7H,5-6,8H2,1-4H3,(H,15,16,19). The Morgan fingerprint density at radius 2 is 2.10 bits per heavy atom. The molecule has 114 valence electrons. The number of aromatic amines is 1. The Bertz CT molecular complexity index is 657. The van der Waals surface area contributed by atoms with Crippen molar-refractivity contribution in [1.82, 2.24) is 20.1 Å². The second-order valence-corrected chi connectivity index (χ2v) is 6.81. The topological polar surface area (TPSA) is 84.7 Å². The van der Waals surface area contributed by atoms with Gasteiger partial charge in [0.15, 0.2) is 11.0 Å². The molecule has 2 rings (SSSR count). The minimum Gasteiger partial charge on any atom is -0.338 e. The van der Waals surface area contributed by atoms with E-state index >= 15 is 0 Å². The Labute approximate surface area is 127 Å². The molecule has 6 nitrogen and oxygen atoms in total. The summed E-state index contributed by atoms with van der Waals surface area (Å²) in [7, 11) is 0. The van der Waals surface area contributed by atoms with Gasteiger partial charge in [-0.15, -0.1) is 0 Å². The Kier molecular flexibility index (Phi) is 4.82. The first kappa shape index (κ1) is 15.8. The van der Waals surface area contributed by atoms with E-state index in [1.807, 2.05) is 20.8 Å². The van der Waals surface area contributed by atoms with Gasteiger partial charge in [0.2, 0.25) is 5.89 Å².